The van der Waals surface area contributed by atoms with Crippen LogP contribution in [-0.4, -0.2) is 0 Å². The number of hydrogen-bond donors (Lipinski definition) is 0. The van der Waals surface area contributed by atoms with Crippen LogP contribution in [0.15, 0.2) is 229 Å². The molecular formula is C55H38O. The Labute approximate surface area is 327 Å². The molecule has 0 aliphatic heterocycles. The first kappa shape index (κ1) is 33.4. The lowest BCUT2D eigenvalue weighted by atomic mass is 9.83. The highest BCUT2D eigenvalue weighted by Gasteiger charge is 2.19. The van der Waals surface area contributed by atoms with E-state index in [1.807, 2.05) is 12.1 Å². The van der Waals surface area contributed by atoms with Crippen LogP contribution >= 0.6 is 0 Å². The van der Waals surface area contributed by atoms with Crippen LogP contribution in [0.2, 0.25) is 0 Å². The highest BCUT2D eigenvalue weighted by Crippen LogP contribution is 2.39. The van der Waals surface area contributed by atoms with Crippen LogP contribution in [0.3, 0.4) is 0 Å². The molecule has 10 rings (SSSR count). The summed E-state index contributed by atoms with van der Waals surface area (Å²) in [6.07, 6.45) is 0. The molecule has 10 aromatic rings. The molecular weight excluding hydrogens is 677 g/mol. The topological polar surface area (TPSA) is 13.1 Å². The van der Waals surface area contributed by atoms with Gasteiger partial charge in [-0.05, 0) is 78.9 Å². The Morgan fingerprint density at radius 2 is 0.643 bits per heavy atom. The maximum absolute atomic E-state index is 6.41. The Balaban J connectivity index is 1.00. The summed E-state index contributed by atoms with van der Waals surface area (Å²) in [6, 6.07) is 80.9. The number of furan rings is 1. The van der Waals surface area contributed by atoms with Gasteiger partial charge in [0.15, 0.2) is 0 Å². The van der Waals surface area contributed by atoms with Crippen LogP contribution in [0.25, 0.3) is 77.6 Å². The summed E-state index contributed by atoms with van der Waals surface area (Å²) in [4.78, 5) is 0. The molecule has 0 aliphatic carbocycles. The number of benzene rings is 9. The summed E-state index contributed by atoms with van der Waals surface area (Å²) in [6.45, 7) is 0. The zero-order valence-corrected chi connectivity index (χ0v) is 30.8. The van der Waals surface area contributed by atoms with E-state index in [1.165, 1.54) is 61.2 Å². The predicted octanol–water partition coefficient (Wildman–Crippen LogP) is 15.1. The zero-order chi connectivity index (χ0) is 37.3. The summed E-state index contributed by atoms with van der Waals surface area (Å²) in [5, 5.41) is 2.29. The number of fused-ring (bicyclic) bond motifs is 3. The zero-order valence-electron chi connectivity index (χ0n) is 30.8. The van der Waals surface area contributed by atoms with Gasteiger partial charge in [-0.1, -0.05) is 212 Å². The minimum Gasteiger partial charge on any atom is -0.455 e. The third-order valence-electron chi connectivity index (χ3n) is 11.1. The quantitative estimate of drug-likeness (QED) is 0.143. The van der Waals surface area contributed by atoms with Gasteiger partial charge >= 0.3 is 0 Å². The first-order valence-electron chi connectivity index (χ1n) is 19.3. The lowest BCUT2D eigenvalue weighted by molar-refractivity contribution is 0.670. The fraction of sp³-hybridized carbons (Fsp3) is 0.0182. The second-order valence-corrected chi connectivity index (χ2v) is 14.5. The first-order valence-corrected chi connectivity index (χ1v) is 19.3. The molecule has 0 radical (unpaired) electrons. The van der Waals surface area contributed by atoms with Crippen molar-refractivity contribution in [3.63, 3.8) is 0 Å². The van der Waals surface area contributed by atoms with Gasteiger partial charge in [0.05, 0.1) is 0 Å². The van der Waals surface area contributed by atoms with Gasteiger partial charge in [0.1, 0.15) is 11.2 Å². The Bertz CT molecular complexity index is 2900. The molecule has 0 bridgehead atoms. The van der Waals surface area contributed by atoms with Crippen molar-refractivity contribution in [2.24, 2.45) is 0 Å². The number of para-hydroxylation sites is 2. The van der Waals surface area contributed by atoms with Crippen LogP contribution in [-0.2, 0) is 0 Å². The average molecular weight is 715 g/mol. The molecule has 264 valence electrons. The maximum Gasteiger partial charge on any atom is 0.143 e. The van der Waals surface area contributed by atoms with Crippen LogP contribution in [0.5, 0.6) is 0 Å². The summed E-state index contributed by atoms with van der Waals surface area (Å²) in [5.41, 5.74) is 17.5. The molecule has 0 amide bonds. The van der Waals surface area contributed by atoms with Gasteiger partial charge in [-0.15, -0.1) is 0 Å². The van der Waals surface area contributed by atoms with Gasteiger partial charge in [-0.25, -0.2) is 0 Å². The fourth-order valence-corrected chi connectivity index (χ4v) is 8.14. The van der Waals surface area contributed by atoms with E-state index in [2.05, 4.69) is 212 Å². The molecule has 0 saturated carbocycles. The molecule has 0 N–H and O–H groups in total. The fourth-order valence-electron chi connectivity index (χ4n) is 8.14. The highest BCUT2D eigenvalue weighted by atomic mass is 16.3. The second-order valence-electron chi connectivity index (χ2n) is 14.5. The van der Waals surface area contributed by atoms with Gasteiger partial charge in [0.25, 0.3) is 0 Å². The second kappa shape index (κ2) is 14.5. The predicted molar refractivity (Wildman–Crippen MR) is 235 cm³/mol. The third kappa shape index (κ3) is 6.40. The molecule has 1 heterocycles. The molecule has 0 fully saturated rings. The van der Waals surface area contributed by atoms with Gasteiger partial charge in [-0.2, -0.15) is 0 Å². The van der Waals surface area contributed by atoms with Crippen molar-refractivity contribution < 1.29 is 4.42 Å². The summed E-state index contributed by atoms with van der Waals surface area (Å²) >= 11 is 0. The minimum absolute atomic E-state index is 0.0465. The molecule has 0 aliphatic rings. The average Bonchev–Trinajstić information content (AvgIpc) is 3.67. The van der Waals surface area contributed by atoms with Crippen molar-refractivity contribution >= 4 is 21.9 Å². The monoisotopic (exact) mass is 714 g/mol. The summed E-state index contributed by atoms with van der Waals surface area (Å²) in [5.74, 6) is 0.0465. The number of hydrogen-bond acceptors (Lipinski definition) is 1. The van der Waals surface area contributed by atoms with Gasteiger partial charge in [0, 0.05) is 22.3 Å². The van der Waals surface area contributed by atoms with E-state index >= 15 is 0 Å². The van der Waals surface area contributed by atoms with E-state index in [4.69, 9.17) is 4.42 Å². The Hall–Kier alpha value is -7.22. The van der Waals surface area contributed by atoms with Gasteiger partial charge < -0.3 is 4.42 Å². The molecule has 1 atom stereocenters. The molecule has 56 heavy (non-hydrogen) atoms. The molecule has 0 spiro atoms. The van der Waals surface area contributed by atoms with Crippen molar-refractivity contribution in [1.29, 1.82) is 0 Å². The molecule has 1 aromatic heterocycles. The van der Waals surface area contributed by atoms with E-state index in [1.54, 1.807) is 0 Å². The molecule has 0 saturated heterocycles. The van der Waals surface area contributed by atoms with Crippen molar-refractivity contribution in [3.05, 3.63) is 241 Å². The van der Waals surface area contributed by atoms with E-state index in [-0.39, 0.29) is 5.92 Å². The van der Waals surface area contributed by atoms with Crippen LogP contribution in [0.1, 0.15) is 22.6 Å². The largest absolute Gasteiger partial charge is 0.455 e. The molecule has 1 nitrogen and oxygen atoms in total. The molecule has 1 unspecified atom stereocenters. The van der Waals surface area contributed by atoms with Crippen molar-refractivity contribution in [1.82, 2.24) is 0 Å². The standard InChI is InChI=1S/C55H38O/c1-3-11-38(12-4-1)40-21-23-41(24-22-40)42-25-31-45(32-26-42)54(46-33-27-43(28-34-46)49-16-9-15-48(37-49)39-13-5-2-6-14-39)47-35-29-44(30-36-47)50-18-10-19-52-51-17-7-8-20-53(51)56-55(50)52/h1-37,54H. The smallest absolute Gasteiger partial charge is 0.143 e. The summed E-state index contributed by atoms with van der Waals surface area (Å²) < 4.78 is 6.41. The van der Waals surface area contributed by atoms with Crippen molar-refractivity contribution in [3.8, 4) is 55.6 Å². The van der Waals surface area contributed by atoms with Crippen LogP contribution in [0.4, 0.5) is 0 Å². The minimum atomic E-state index is 0.0465. The number of rotatable bonds is 8. The van der Waals surface area contributed by atoms with E-state index in [0.717, 1.165) is 33.1 Å². The highest BCUT2D eigenvalue weighted by molar-refractivity contribution is 6.09. The SMILES string of the molecule is c1ccc(-c2ccc(-c3ccc(C(c4ccc(-c5cccc(-c6ccccc6)c5)cc4)c4ccc(-c5cccc6c5oc5ccccc56)cc4)cc3)cc2)cc1. The van der Waals surface area contributed by atoms with Gasteiger partial charge in [-0.3, -0.25) is 0 Å². The Morgan fingerprint density at radius 3 is 1.20 bits per heavy atom. The molecule has 9 aromatic carbocycles. The Morgan fingerprint density at radius 1 is 0.268 bits per heavy atom. The summed E-state index contributed by atoms with van der Waals surface area (Å²) in [7, 11) is 0. The Kier molecular flexibility index (Phi) is 8.67. The van der Waals surface area contributed by atoms with Crippen LogP contribution < -0.4 is 0 Å². The van der Waals surface area contributed by atoms with Gasteiger partial charge in [0.2, 0.25) is 0 Å². The van der Waals surface area contributed by atoms with Crippen molar-refractivity contribution in [2.75, 3.05) is 0 Å². The lowest BCUT2D eigenvalue weighted by Gasteiger charge is -2.20. The van der Waals surface area contributed by atoms with E-state index < -0.39 is 0 Å². The van der Waals surface area contributed by atoms with Crippen molar-refractivity contribution in [2.45, 2.75) is 5.92 Å². The van der Waals surface area contributed by atoms with E-state index in [9.17, 15) is 0 Å². The van der Waals surface area contributed by atoms with Crippen LogP contribution in [0, 0.1) is 0 Å². The lowest BCUT2D eigenvalue weighted by Crippen LogP contribution is -2.03. The first-order chi connectivity index (χ1) is 27.7. The van der Waals surface area contributed by atoms with E-state index in [0.29, 0.717) is 0 Å². The normalized spacial score (nSPS) is 11.9. The third-order valence-corrected chi connectivity index (χ3v) is 11.1. The maximum atomic E-state index is 6.41. The molecule has 1 heteroatoms.